The van der Waals surface area contributed by atoms with E-state index in [1.54, 1.807) is 36.2 Å². The van der Waals surface area contributed by atoms with Crippen molar-refractivity contribution >= 4 is 52.0 Å². The molecule has 0 fully saturated rings. The molecule has 2 amide bonds. The Bertz CT molecular complexity index is 1480. The number of hydrogen-bond acceptors (Lipinski definition) is 10. The minimum atomic E-state index is -0.345. The van der Waals surface area contributed by atoms with E-state index in [1.165, 1.54) is 28.1 Å². The number of nitrogens with zero attached hydrogens (tertiary/aromatic N) is 5. The van der Waals surface area contributed by atoms with Crippen molar-refractivity contribution in [2.75, 3.05) is 20.0 Å². The Morgan fingerprint density at radius 3 is 2.62 bits per heavy atom. The largest absolute Gasteiger partial charge is 0.493 e. The second kappa shape index (κ2) is 12.0. The number of aromatic nitrogens is 3. The van der Waals surface area contributed by atoms with Gasteiger partial charge in [0, 0.05) is 19.0 Å². The van der Waals surface area contributed by atoms with E-state index in [1.807, 2.05) is 54.2 Å². The van der Waals surface area contributed by atoms with Gasteiger partial charge in [-0.15, -0.1) is 32.9 Å². The maximum atomic E-state index is 13.6. The molecule has 39 heavy (non-hydrogen) atoms. The Labute approximate surface area is 237 Å². The number of thiophene rings is 2. The van der Waals surface area contributed by atoms with Gasteiger partial charge < -0.3 is 19.4 Å². The van der Waals surface area contributed by atoms with E-state index in [9.17, 15) is 9.59 Å². The first-order chi connectivity index (χ1) is 19.0. The summed E-state index contributed by atoms with van der Waals surface area (Å²) in [5, 5.41) is 22.0. The molecular weight excluding hydrogens is 557 g/mol. The van der Waals surface area contributed by atoms with Crippen LogP contribution in [0.2, 0.25) is 0 Å². The van der Waals surface area contributed by atoms with Crippen LogP contribution < -0.4 is 14.8 Å². The Balaban J connectivity index is 1.31. The third-order valence-corrected chi connectivity index (χ3v) is 8.96. The molecule has 0 aliphatic carbocycles. The van der Waals surface area contributed by atoms with Crippen LogP contribution in [0.15, 0.2) is 63.5 Å². The number of methoxy groups -OCH3 is 2. The van der Waals surface area contributed by atoms with Gasteiger partial charge in [-0.3, -0.25) is 9.59 Å². The number of nitrogens with one attached hydrogen (secondary N) is 1. The molecule has 202 valence electrons. The fraction of sp³-hybridized carbons (Fsp3) is 0.269. The van der Waals surface area contributed by atoms with Gasteiger partial charge in [0.15, 0.2) is 22.5 Å². The van der Waals surface area contributed by atoms with Crippen molar-refractivity contribution in [1.82, 2.24) is 25.1 Å². The molecule has 4 heterocycles. The number of rotatable bonds is 10. The van der Waals surface area contributed by atoms with Crippen LogP contribution >= 0.6 is 34.4 Å². The van der Waals surface area contributed by atoms with Gasteiger partial charge in [-0.2, -0.15) is 5.10 Å². The predicted octanol–water partition coefficient (Wildman–Crippen LogP) is 4.36. The summed E-state index contributed by atoms with van der Waals surface area (Å²) < 4.78 is 13.0. The number of hydrazone groups is 1. The molecule has 1 aromatic carbocycles. The smallest absolute Gasteiger partial charge is 0.261 e. The lowest BCUT2D eigenvalue weighted by molar-refractivity contribution is -0.130. The van der Waals surface area contributed by atoms with Crippen LogP contribution in [0.1, 0.15) is 38.4 Å². The SMILES string of the molecule is COc1cccc(C2CC(c3cccs3)=NN2C(=O)CSc2nnc(CNC(=O)c3cccs3)n2C)c1OC. The first kappa shape index (κ1) is 26.9. The summed E-state index contributed by atoms with van der Waals surface area (Å²) in [4.78, 5) is 27.5. The van der Waals surface area contributed by atoms with Gasteiger partial charge in [-0.05, 0) is 29.0 Å². The van der Waals surface area contributed by atoms with Crippen LogP contribution in [0.25, 0.3) is 0 Å². The van der Waals surface area contributed by atoms with Crippen molar-refractivity contribution < 1.29 is 19.1 Å². The van der Waals surface area contributed by atoms with Gasteiger partial charge in [0.25, 0.3) is 11.8 Å². The lowest BCUT2D eigenvalue weighted by Gasteiger charge is -2.24. The third kappa shape index (κ3) is 5.70. The van der Waals surface area contributed by atoms with Crippen LogP contribution in [0, 0.1) is 0 Å². The minimum Gasteiger partial charge on any atom is -0.493 e. The molecule has 0 spiro atoms. The fourth-order valence-corrected chi connectivity index (χ4v) is 6.36. The van der Waals surface area contributed by atoms with Crippen LogP contribution in [0.4, 0.5) is 0 Å². The molecule has 13 heteroatoms. The highest BCUT2D eigenvalue weighted by molar-refractivity contribution is 7.99. The number of thioether (sulfide) groups is 1. The standard InChI is InChI=1S/C26H26N6O4S3/c1-31-22(14-27-25(34)21-10-6-12-38-21)28-29-26(31)39-15-23(33)32-18(13-17(30-32)20-9-5-11-37-20)16-7-4-8-19(35-2)24(16)36-3/h4-12,18H,13-15H2,1-3H3,(H,27,34). The highest BCUT2D eigenvalue weighted by atomic mass is 32.2. The van der Waals surface area contributed by atoms with Crippen LogP contribution in [-0.4, -0.2) is 57.3 Å². The molecule has 3 aromatic heterocycles. The van der Waals surface area contributed by atoms with E-state index in [0.717, 1.165) is 16.2 Å². The van der Waals surface area contributed by atoms with Crippen molar-refractivity contribution in [2.45, 2.75) is 24.2 Å². The highest BCUT2D eigenvalue weighted by Crippen LogP contribution is 2.42. The molecule has 1 N–H and O–H groups in total. The number of ether oxygens (including phenoxy) is 2. The van der Waals surface area contributed by atoms with Gasteiger partial charge in [0.1, 0.15) is 0 Å². The Hall–Kier alpha value is -3.68. The van der Waals surface area contributed by atoms with E-state index < -0.39 is 0 Å². The van der Waals surface area contributed by atoms with Gasteiger partial charge in [-0.1, -0.05) is 36.0 Å². The number of para-hydroxylation sites is 1. The number of carbonyl (C=O) groups excluding carboxylic acids is 2. The van der Waals surface area contributed by atoms with Crippen molar-refractivity contribution in [3.63, 3.8) is 0 Å². The summed E-state index contributed by atoms with van der Waals surface area (Å²) in [6, 6.07) is 12.9. The minimum absolute atomic E-state index is 0.109. The van der Waals surface area contributed by atoms with E-state index in [2.05, 4.69) is 15.5 Å². The summed E-state index contributed by atoms with van der Waals surface area (Å²) in [5.74, 6) is 1.55. The number of carbonyl (C=O) groups is 2. The van der Waals surface area contributed by atoms with Crippen molar-refractivity contribution in [1.29, 1.82) is 0 Å². The zero-order valence-electron chi connectivity index (χ0n) is 21.5. The second-order valence-corrected chi connectivity index (χ2v) is 11.3. The first-order valence-corrected chi connectivity index (χ1v) is 14.7. The van der Waals surface area contributed by atoms with Crippen LogP contribution in [0.3, 0.4) is 0 Å². The van der Waals surface area contributed by atoms with Crippen molar-refractivity contribution in [3.8, 4) is 11.5 Å². The normalized spacial score (nSPS) is 14.8. The van der Waals surface area contributed by atoms with Gasteiger partial charge in [0.05, 0.1) is 48.0 Å². The third-order valence-electron chi connectivity index (χ3n) is 6.17. The predicted molar refractivity (Wildman–Crippen MR) is 152 cm³/mol. The molecule has 0 saturated carbocycles. The topological polar surface area (TPSA) is 111 Å². The fourth-order valence-electron chi connectivity index (χ4n) is 4.22. The van der Waals surface area contributed by atoms with Gasteiger partial charge >= 0.3 is 0 Å². The maximum Gasteiger partial charge on any atom is 0.261 e. The molecule has 1 atom stereocenters. The second-order valence-electron chi connectivity index (χ2n) is 8.47. The summed E-state index contributed by atoms with van der Waals surface area (Å²) in [6.45, 7) is 0.229. The molecule has 4 aromatic rings. The summed E-state index contributed by atoms with van der Waals surface area (Å²) in [6.07, 6.45) is 0.554. The molecule has 1 unspecified atom stereocenters. The first-order valence-electron chi connectivity index (χ1n) is 12.0. The average Bonchev–Trinajstić information content (AvgIpc) is 3.77. The van der Waals surface area contributed by atoms with E-state index in [0.29, 0.717) is 33.8 Å². The summed E-state index contributed by atoms with van der Waals surface area (Å²) in [7, 11) is 4.99. The molecule has 0 bridgehead atoms. The number of amides is 2. The van der Waals surface area contributed by atoms with Crippen LogP contribution in [-0.2, 0) is 18.4 Å². The lowest BCUT2D eigenvalue weighted by Crippen LogP contribution is -2.29. The van der Waals surface area contributed by atoms with Crippen LogP contribution in [0.5, 0.6) is 11.5 Å². The Kier molecular flexibility index (Phi) is 8.29. The van der Waals surface area contributed by atoms with E-state index in [4.69, 9.17) is 14.6 Å². The molecule has 1 aliphatic rings. The van der Waals surface area contributed by atoms with Crippen molar-refractivity contribution in [3.05, 3.63) is 74.4 Å². The monoisotopic (exact) mass is 582 g/mol. The molecule has 1 aliphatic heterocycles. The maximum absolute atomic E-state index is 13.6. The van der Waals surface area contributed by atoms with Crippen molar-refractivity contribution in [2.24, 2.45) is 12.1 Å². The summed E-state index contributed by atoms with van der Waals surface area (Å²) >= 11 is 4.24. The Morgan fingerprint density at radius 2 is 1.90 bits per heavy atom. The molecule has 0 radical (unpaired) electrons. The molecule has 5 rings (SSSR count). The quantitative estimate of drug-likeness (QED) is 0.277. The zero-order valence-corrected chi connectivity index (χ0v) is 23.9. The van der Waals surface area contributed by atoms with Gasteiger partial charge in [0.2, 0.25) is 0 Å². The summed E-state index contributed by atoms with van der Waals surface area (Å²) in [5.41, 5.74) is 1.67. The highest BCUT2D eigenvalue weighted by Gasteiger charge is 2.36. The number of hydrogen-bond donors (Lipinski definition) is 1. The zero-order chi connectivity index (χ0) is 27.4. The molecule has 10 nitrogen and oxygen atoms in total. The molecular formula is C26H26N6O4S3. The molecule has 0 saturated heterocycles. The van der Waals surface area contributed by atoms with E-state index >= 15 is 0 Å². The van der Waals surface area contributed by atoms with Gasteiger partial charge in [-0.25, -0.2) is 5.01 Å². The lowest BCUT2D eigenvalue weighted by atomic mass is 9.99. The number of benzene rings is 1. The van der Waals surface area contributed by atoms with E-state index in [-0.39, 0.29) is 30.2 Å². The average molecular weight is 583 g/mol. The Morgan fingerprint density at radius 1 is 1.08 bits per heavy atom.